The molecular formula is C30H27F3N4OS. The van der Waals surface area contributed by atoms with Gasteiger partial charge >= 0.3 is 6.18 Å². The standard InChI is InChI=1S/C30H27F3N4OS/c31-30(32,33)20-7-5-8-22(19-20)36-18-6-12-26(36)28-27(25-11-3-4-17-34-25)35-29(39)37(28)21-13-15-24(16-14-21)38-23-9-1-2-10-23/h3-8,11-19,23,27-28H,1-2,9-10H2,(H,35,39). The predicted octanol–water partition coefficient (Wildman–Crippen LogP) is 7.39. The summed E-state index contributed by atoms with van der Waals surface area (Å²) in [6.07, 6.45) is 3.84. The van der Waals surface area contributed by atoms with Gasteiger partial charge in [0.25, 0.3) is 0 Å². The minimum atomic E-state index is -4.44. The molecule has 39 heavy (non-hydrogen) atoms. The molecule has 3 heterocycles. The largest absolute Gasteiger partial charge is 0.490 e. The number of rotatable bonds is 6. The Morgan fingerprint density at radius 2 is 1.69 bits per heavy atom. The normalized spacial score (nSPS) is 19.9. The summed E-state index contributed by atoms with van der Waals surface area (Å²) in [7, 11) is 0. The predicted molar refractivity (Wildman–Crippen MR) is 148 cm³/mol. The molecule has 0 radical (unpaired) electrons. The van der Waals surface area contributed by atoms with Crippen LogP contribution in [0.5, 0.6) is 5.75 Å². The maximum atomic E-state index is 13.5. The fourth-order valence-corrected chi connectivity index (χ4v) is 5.87. The van der Waals surface area contributed by atoms with E-state index in [0.29, 0.717) is 10.8 Å². The van der Waals surface area contributed by atoms with E-state index in [1.807, 2.05) is 59.5 Å². The van der Waals surface area contributed by atoms with Gasteiger partial charge in [-0.2, -0.15) is 13.2 Å². The molecule has 1 saturated carbocycles. The Morgan fingerprint density at radius 3 is 2.41 bits per heavy atom. The molecule has 0 bridgehead atoms. The number of anilines is 1. The number of pyridine rings is 1. The zero-order valence-electron chi connectivity index (χ0n) is 21.0. The van der Waals surface area contributed by atoms with Gasteiger partial charge in [0.1, 0.15) is 11.8 Å². The number of hydrogen-bond donors (Lipinski definition) is 1. The zero-order valence-corrected chi connectivity index (χ0v) is 21.8. The lowest BCUT2D eigenvalue weighted by molar-refractivity contribution is -0.137. The second kappa shape index (κ2) is 10.4. The molecule has 4 aromatic rings. The highest BCUT2D eigenvalue weighted by Crippen LogP contribution is 2.43. The lowest BCUT2D eigenvalue weighted by Crippen LogP contribution is -2.30. The van der Waals surface area contributed by atoms with E-state index in [0.717, 1.165) is 41.7 Å². The van der Waals surface area contributed by atoms with Gasteiger partial charge in [-0.3, -0.25) is 4.98 Å². The molecule has 1 N–H and O–H groups in total. The Morgan fingerprint density at radius 1 is 0.897 bits per heavy atom. The average molecular weight is 549 g/mol. The van der Waals surface area contributed by atoms with Crippen LogP contribution in [0.2, 0.25) is 0 Å². The molecule has 1 aliphatic heterocycles. The summed E-state index contributed by atoms with van der Waals surface area (Å²) in [5.74, 6) is 0.814. The van der Waals surface area contributed by atoms with E-state index in [9.17, 15) is 13.2 Å². The number of ether oxygens (including phenoxy) is 1. The van der Waals surface area contributed by atoms with E-state index < -0.39 is 11.7 Å². The molecule has 2 unspecified atom stereocenters. The SMILES string of the molecule is FC(F)(F)c1cccc(-n2cccc2C2C(c3ccccn3)NC(=S)N2c2ccc(OC3CCCC3)cc2)c1. The smallest absolute Gasteiger partial charge is 0.416 e. The fraction of sp³-hybridized carbons (Fsp3) is 0.267. The molecule has 9 heteroatoms. The first-order chi connectivity index (χ1) is 18.9. The Balaban J connectivity index is 1.40. The molecule has 6 rings (SSSR count). The van der Waals surface area contributed by atoms with Crippen molar-refractivity contribution >= 4 is 23.0 Å². The van der Waals surface area contributed by atoms with Crippen molar-refractivity contribution in [3.63, 3.8) is 0 Å². The summed E-state index contributed by atoms with van der Waals surface area (Å²) in [6.45, 7) is 0. The molecule has 0 spiro atoms. The Labute approximate surface area is 230 Å². The molecule has 2 aliphatic rings. The van der Waals surface area contributed by atoms with Gasteiger partial charge in [0.2, 0.25) is 0 Å². The quantitative estimate of drug-likeness (QED) is 0.255. The number of aromatic nitrogens is 2. The van der Waals surface area contributed by atoms with E-state index in [-0.39, 0.29) is 18.2 Å². The fourth-order valence-electron chi connectivity index (χ4n) is 5.52. The molecule has 2 fully saturated rings. The highest BCUT2D eigenvalue weighted by atomic mass is 32.1. The number of halogens is 3. The van der Waals surface area contributed by atoms with Crippen molar-refractivity contribution in [1.82, 2.24) is 14.9 Å². The summed E-state index contributed by atoms with van der Waals surface area (Å²) < 4.78 is 48.5. The van der Waals surface area contributed by atoms with Gasteiger partial charge in [-0.25, -0.2) is 0 Å². The van der Waals surface area contributed by atoms with Crippen molar-refractivity contribution in [2.75, 3.05) is 4.90 Å². The van der Waals surface area contributed by atoms with Gasteiger partial charge in [-0.15, -0.1) is 0 Å². The lowest BCUT2D eigenvalue weighted by Gasteiger charge is -2.29. The molecule has 1 aliphatic carbocycles. The van der Waals surface area contributed by atoms with Crippen LogP contribution in [-0.2, 0) is 6.18 Å². The van der Waals surface area contributed by atoms with Crippen molar-refractivity contribution in [1.29, 1.82) is 0 Å². The Hall–Kier alpha value is -3.85. The van der Waals surface area contributed by atoms with E-state index >= 15 is 0 Å². The van der Waals surface area contributed by atoms with Gasteiger partial charge in [-0.05, 0) is 105 Å². The van der Waals surface area contributed by atoms with Crippen molar-refractivity contribution in [3.05, 3.63) is 108 Å². The van der Waals surface area contributed by atoms with Gasteiger partial charge < -0.3 is 19.5 Å². The first-order valence-electron chi connectivity index (χ1n) is 13.0. The van der Waals surface area contributed by atoms with Crippen LogP contribution in [-0.4, -0.2) is 20.8 Å². The summed E-state index contributed by atoms with van der Waals surface area (Å²) in [6, 6.07) is 21.9. The van der Waals surface area contributed by atoms with Crippen LogP contribution in [0.1, 0.15) is 54.7 Å². The molecule has 0 amide bonds. The third-order valence-electron chi connectivity index (χ3n) is 7.35. The minimum Gasteiger partial charge on any atom is -0.490 e. The summed E-state index contributed by atoms with van der Waals surface area (Å²) in [5, 5.41) is 3.93. The maximum absolute atomic E-state index is 13.5. The van der Waals surface area contributed by atoms with Crippen LogP contribution in [0, 0.1) is 0 Å². The number of nitrogens with zero attached hydrogens (tertiary/aromatic N) is 3. The highest BCUT2D eigenvalue weighted by Gasteiger charge is 2.42. The number of benzene rings is 2. The minimum absolute atomic E-state index is 0.252. The van der Waals surface area contributed by atoms with Crippen LogP contribution < -0.4 is 15.0 Å². The lowest BCUT2D eigenvalue weighted by atomic mass is 10.0. The summed E-state index contributed by atoms with van der Waals surface area (Å²) in [5.41, 5.74) is 2.14. The third-order valence-corrected chi connectivity index (χ3v) is 7.67. The number of thiocarbonyl (C=S) groups is 1. The number of alkyl halides is 3. The second-order valence-corrected chi connectivity index (χ2v) is 10.3. The van der Waals surface area contributed by atoms with Crippen molar-refractivity contribution < 1.29 is 17.9 Å². The van der Waals surface area contributed by atoms with E-state index in [4.69, 9.17) is 17.0 Å². The molecule has 1 saturated heterocycles. The summed E-state index contributed by atoms with van der Waals surface area (Å²) in [4.78, 5) is 6.58. The van der Waals surface area contributed by atoms with Gasteiger partial charge in [-0.1, -0.05) is 12.1 Å². The van der Waals surface area contributed by atoms with Crippen molar-refractivity contribution in [2.45, 2.75) is 50.0 Å². The van der Waals surface area contributed by atoms with Crippen LogP contribution in [0.4, 0.5) is 18.9 Å². The third kappa shape index (κ3) is 5.11. The van der Waals surface area contributed by atoms with Crippen LogP contribution >= 0.6 is 12.2 Å². The van der Waals surface area contributed by atoms with Crippen molar-refractivity contribution in [2.24, 2.45) is 0 Å². The highest BCUT2D eigenvalue weighted by molar-refractivity contribution is 7.80. The number of hydrogen-bond acceptors (Lipinski definition) is 3. The summed E-state index contributed by atoms with van der Waals surface area (Å²) >= 11 is 5.83. The van der Waals surface area contributed by atoms with E-state index in [1.165, 1.54) is 25.0 Å². The van der Waals surface area contributed by atoms with E-state index in [1.54, 1.807) is 23.0 Å². The zero-order chi connectivity index (χ0) is 27.0. The topological polar surface area (TPSA) is 42.3 Å². The van der Waals surface area contributed by atoms with Crippen LogP contribution in [0.15, 0.2) is 91.3 Å². The maximum Gasteiger partial charge on any atom is 0.416 e. The molecule has 200 valence electrons. The molecule has 2 aromatic heterocycles. The van der Waals surface area contributed by atoms with Crippen LogP contribution in [0.3, 0.4) is 0 Å². The number of nitrogens with one attached hydrogen (secondary N) is 1. The van der Waals surface area contributed by atoms with Gasteiger partial charge in [0.05, 0.1) is 23.4 Å². The van der Waals surface area contributed by atoms with E-state index in [2.05, 4.69) is 10.3 Å². The monoisotopic (exact) mass is 548 g/mol. The Kier molecular flexibility index (Phi) is 6.76. The van der Waals surface area contributed by atoms with Crippen molar-refractivity contribution in [3.8, 4) is 11.4 Å². The first-order valence-corrected chi connectivity index (χ1v) is 13.4. The molecule has 2 atom stereocenters. The van der Waals surface area contributed by atoms with Crippen LogP contribution in [0.25, 0.3) is 5.69 Å². The molecular weight excluding hydrogens is 521 g/mol. The van der Waals surface area contributed by atoms with Gasteiger partial charge in [0.15, 0.2) is 5.11 Å². The Bertz CT molecular complexity index is 1450. The molecule has 5 nitrogen and oxygen atoms in total. The van der Waals surface area contributed by atoms with Gasteiger partial charge in [0, 0.05) is 29.5 Å². The second-order valence-electron chi connectivity index (χ2n) is 9.87. The molecule has 2 aromatic carbocycles. The average Bonchev–Trinajstić information content (AvgIpc) is 3.70. The first kappa shape index (κ1) is 25.4.